The lowest BCUT2D eigenvalue weighted by Crippen LogP contribution is -2.38. The smallest absolute Gasteiger partial charge is 0.253 e. The summed E-state index contributed by atoms with van der Waals surface area (Å²) < 4.78 is 0. The van der Waals surface area contributed by atoms with Crippen LogP contribution in [-0.4, -0.2) is 54.1 Å². The van der Waals surface area contributed by atoms with E-state index in [0.29, 0.717) is 37.3 Å². The number of aliphatic hydroxyl groups is 1. The minimum absolute atomic E-state index is 0.0569. The summed E-state index contributed by atoms with van der Waals surface area (Å²) >= 11 is 0. The Hall–Kier alpha value is -2.70. The summed E-state index contributed by atoms with van der Waals surface area (Å²) in [4.78, 5) is 27.0. The number of hydrogen-bond acceptors (Lipinski definition) is 4. The van der Waals surface area contributed by atoms with Gasteiger partial charge in [-0.3, -0.25) is 9.59 Å². The minimum Gasteiger partial charge on any atom is -0.390 e. The second-order valence-corrected chi connectivity index (χ2v) is 7.35. The summed E-state index contributed by atoms with van der Waals surface area (Å²) in [5.41, 5.74) is 2.06. The molecule has 0 heterocycles. The summed E-state index contributed by atoms with van der Waals surface area (Å²) in [6.45, 7) is 6.64. The first-order valence-electron chi connectivity index (χ1n) is 10.6. The maximum absolute atomic E-state index is 12.7. The van der Waals surface area contributed by atoms with Crippen LogP contribution in [0, 0.1) is 0 Å². The number of benzene rings is 2. The zero-order chi connectivity index (χ0) is 21.8. The monoisotopic (exact) mass is 411 g/mol. The van der Waals surface area contributed by atoms with Crippen molar-refractivity contribution in [2.45, 2.75) is 39.3 Å². The molecule has 30 heavy (non-hydrogen) atoms. The van der Waals surface area contributed by atoms with Gasteiger partial charge in [-0.2, -0.15) is 0 Å². The molecule has 0 bridgehead atoms. The van der Waals surface area contributed by atoms with Crippen LogP contribution >= 0.6 is 0 Å². The Morgan fingerprint density at radius 2 is 1.60 bits per heavy atom. The summed E-state index contributed by atoms with van der Waals surface area (Å²) in [6.07, 6.45) is 1.08. The van der Waals surface area contributed by atoms with Crippen LogP contribution in [0.5, 0.6) is 0 Å². The highest BCUT2D eigenvalue weighted by Crippen LogP contribution is 2.10. The summed E-state index contributed by atoms with van der Waals surface area (Å²) in [5, 5.41) is 16.0. The molecule has 0 aromatic heterocycles. The summed E-state index contributed by atoms with van der Waals surface area (Å²) in [7, 11) is 0. The molecule has 2 aromatic carbocycles. The molecule has 162 valence electrons. The lowest BCUT2D eigenvalue weighted by atomic mass is 10.1. The standard InChI is InChI=1S/C24H33N3O3/c1-3-13-27(14-4-2)24(30)21-12-8-11-20(15-21)23(29)26-18-22(28)17-25-16-19-9-6-5-7-10-19/h5-12,15,22,25,28H,3-4,13-14,16-18H2,1-2H3,(H,26,29). The molecule has 6 heteroatoms. The van der Waals surface area contributed by atoms with Gasteiger partial charge in [-0.15, -0.1) is 0 Å². The lowest BCUT2D eigenvalue weighted by molar-refractivity contribution is 0.0755. The van der Waals surface area contributed by atoms with E-state index < -0.39 is 6.10 Å². The molecule has 0 saturated carbocycles. The van der Waals surface area contributed by atoms with Gasteiger partial charge in [0.2, 0.25) is 0 Å². The van der Waals surface area contributed by atoms with Crippen molar-refractivity contribution in [3.63, 3.8) is 0 Å². The fourth-order valence-electron chi connectivity index (χ4n) is 3.19. The van der Waals surface area contributed by atoms with Gasteiger partial charge < -0.3 is 20.6 Å². The molecule has 0 fully saturated rings. The topological polar surface area (TPSA) is 81.7 Å². The van der Waals surface area contributed by atoms with Crippen LogP contribution in [0.1, 0.15) is 53.0 Å². The van der Waals surface area contributed by atoms with Crippen molar-refractivity contribution >= 4 is 11.8 Å². The molecule has 1 atom stereocenters. The summed E-state index contributed by atoms with van der Waals surface area (Å²) in [6, 6.07) is 16.7. The fraction of sp³-hybridized carbons (Fsp3) is 0.417. The van der Waals surface area contributed by atoms with Gasteiger partial charge in [0, 0.05) is 43.9 Å². The Bertz CT molecular complexity index is 789. The van der Waals surface area contributed by atoms with Gasteiger partial charge in [-0.1, -0.05) is 50.2 Å². The first-order valence-corrected chi connectivity index (χ1v) is 10.6. The van der Waals surface area contributed by atoms with E-state index in [1.165, 1.54) is 0 Å². The van der Waals surface area contributed by atoms with Crippen molar-refractivity contribution in [2.24, 2.45) is 0 Å². The third kappa shape index (κ3) is 7.61. The number of amides is 2. The second-order valence-electron chi connectivity index (χ2n) is 7.35. The quantitative estimate of drug-likeness (QED) is 0.502. The van der Waals surface area contributed by atoms with Crippen LogP contribution in [-0.2, 0) is 6.54 Å². The Morgan fingerprint density at radius 3 is 2.27 bits per heavy atom. The molecular weight excluding hydrogens is 378 g/mol. The van der Waals surface area contributed by atoms with Gasteiger partial charge in [0.1, 0.15) is 0 Å². The molecule has 1 unspecified atom stereocenters. The molecule has 0 aliphatic rings. The van der Waals surface area contributed by atoms with Crippen molar-refractivity contribution < 1.29 is 14.7 Å². The number of carbonyl (C=O) groups excluding carboxylic acids is 2. The van der Waals surface area contributed by atoms with Crippen LogP contribution in [0.3, 0.4) is 0 Å². The van der Waals surface area contributed by atoms with Crippen LogP contribution < -0.4 is 10.6 Å². The number of nitrogens with zero attached hydrogens (tertiary/aromatic N) is 1. The largest absolute Gasteiger partial charge is 0.390 e. The minimum atomic E-state index is -0.702. The highest BCUT2D eigenvalue weighted by atomic mass is 16.3. The maximum Gasteiger partial charge on any atom is 0.253 e. The number of aliphatic hydroxyl groups excluding tert-OH is 1. The van der Waals surface area contributed by atoms with Crippen LogP contribution in [0.2, 0.25) is 0 Å². The number of carbonyl (C=O) groups is 2. The summed E-state index contributed by atoms with van der Waals surface area (Å²) in [5.74, 6) is -0.359. The van der Waals surface area contributed by atoms with E-state index in [9.17, 15) is 14.7 Å². The molecule has 3 N–H and O–H groups in total. The molecule has 0 aliphatic carbocycles. The highest BCUT2D eigenvalue weighted by molar-refractivity contribution is 5.99. The first-order chi connectivity index (χ1) is 14.5. The molecule has 6 nitrogen and oxygen atoms in total. The zero-order valence-corrected chi connectivity index (χ0v) is 17.9. The average molecular weight is 412 g/mol. The number of hydrogen-bond donors (Lipinski definition) is 3. The van der Waals surface area contributed by atoms with Gasteiger partial charge >= 0.3 is 0 Å². The van der Waals surface area contributed by atoms with E-state index in [0.717, 1.165) is 18.4 Å². The average Bonchev–Trinajstić information content (AvgIpc) is 2.77. The van der Waals surface area contributed by atoms with E-state index in [1.807, 2.05) is 49.1 Å². The first kappa shape index (κ1) is 23.6. The number of rotatable bonds is 12. The van der Waals surface area contributed by atoms with Crippen molar-refractivity contribution in [3.8, 4) is 0 Å². The Labute approximate surface area is 179 Å². The Kier molecular flexibility index (Phi) is 10.0. The molecule has 0 spiro atoms. The van der Waals surface area contributed by atoms with Gasteiger partial charge in [-0.25, -0.2) is 0 Å². The van der Waals surface area contributed by atoms with E-state index in [-0.39, 0.29) is 18.4 Å². The van der Waals surface area contributed by atoms with Crippen LogP contribution in [0.15, 0.2) is 54.6 Å². The zero-order valence-electron chi connectivity index (χ0n) is 17.9. The van der Waals surface area contributed by atoms with Gasteiger partial charge in [0.25, 0.3) is 11.8 Å². The van der Waals surface area contributed by atoms with Crippen molar-refractivity contribution in [1.29, 1.82) is 0 Å². The Morgan fingerprint density at radius 1 is 0.933 bits per heavy atom. The molecule has 2 aromatic rings. The van der Waals surface area contributed by atoms with E-state index >= 15 is 0 Å². The molecule has 0 saturated heterocycles. The normalized spacial score (nSPS) is 11.7. The predicted octanol–water partition coefficient (Wildman–Crippen LogP) is 2.83. The molecule has 2 amide bonds. The van der Waals surface area contributed by atoms with Crippen molar-refractivity contribution in [2.75, 3.05) is 26.2 Å². The van der Waals surface area contributed by atoms with Crippen molar-refractivity contribution in [3.05, 3.63) is 71.3 Å². The maximum atomic E-state index is 12.7. The molecule has 0 aliphatic heterocycles. The molecular formula is C24H33N3O3. The van der Waals surface area contributed by atoms with Crippen LogP contribution in [0.25, 0.3) is 0 Å². The highest BCUT2D eigenvalue weighted by Gasteiger charge is 2.16. The molecule has 2 rings (SSSR count). The second kappa shape index (κ2) is 12.8. The van der Waals surface area contributed by atoms with Gasteiger partial charge in [-0.05, 0) is 36.6 Å². The third-order valence-corrected chi connectivity index (χ3v) is 4.70. The van der Waals surface area contributed by atoms with E-state index in [2.05, 4.69) is 10.6 Å². The van der Waals surface area contributed by atoms with Crippen molar-refractivity contribution in [1.82, 2.24) is 15.5 Å². The predicted molar refractivity (Wildman–Crippen MR) is 119 cm³/mol. The third-order valence-electron chi connectivity index (χ3n) is 4.70. The fourth-order valence-corrected chi connectivity index (χ4v) is 3.19. The Balaban J connectivity index is 1.84. The SMILES string of the molecule is CCCN(CCC)C(=O)c1cccc(C(=O)NCC(O)CNCc2ccccc2)c1. The van der Waals surface area contributed by atoms with Gasteiger partial charge in [0.15, 0.2) is 0 Å². The molecule has 0 radical (unpaired) electrons. The number of nitrogens with one attached hydrogen (secondary N) is 2. The van der Waals surface area contributed by atoms with E-state index in [1.54, 1.807) is 24.3 Å². The van der Waals surface area contributed by atoms with Crippen LogP contribution in [0.4, 0.5) is 0 Å². The van der Waals surface area contributed by atoms with Gasteiger partial charge in [0.05, 0.1) is 6.10 Å². The lowest BCUT2D eigenvalue weighted by Gasteiger charge is -2.21. The van der Waals surface area contributed by atoms with E-state index in [4.69, 9.17) is 0 Å².